The molecule has 4 nitrogen and oxygen atoms in total. The van der Waals surface area contributed by atoms with Gasteiger partial charge in [-0.05, 0) is 43.9 Å². The summed E-state index contributed by atoms with van der Waals surface area (Å²) in [5, 5.41) is 5.58. The molecule has 1 heterocycles. The van der Waals surface area contributed by atoms with Crippen LogP contribution in [0.3, 0.4) is 0 Å². The van der Waals surface area contributed by atoms with Gasteiger partial charge in [0.05, 0.1) is 0 Å². The van der Waals surface area contributed by atoms with Crippen LogP contribution in [0, 0.1) is 5.92 Å². The van der Waals surface area contributed by atoms with E-state index in [4.69, 9.17) is 14.6 Å². The monoisotopic (exact) mass is 297 g/mol. The first kappa shape index (κ1) is 15.5. The van der Waals surface area contributed by atoms with Crippen molar-refractivity contribution in [3.8, 4) is 11.5 Å². The highest BCUT2D eigenvalue weighted by molar-refractivity contribution is 7.90. The number of rotatable bonds is 6. The molecule has 2 atom stereocenters. The fourth-order valence-corrected chi connectivity index (χ4v) is 2.94. The molecular weight excluding hydrogens is 274 g/mol. The Hall–Kier alpha value is -0.910. The summed E-state index contributed by atoms with van der Waals surface area (Å²) in [4.78, 5) is 0. The number of benzene rings is 1. The van der Waals surface area contributed by atoms with Gasteiger partial charge in [-0.3, -0.25) is 0 Å². The van der Waals surface area contributed by atoms with Crippen LogP contribution in [0.2, 0.25) is 0 Å². The van der Waals surface area contributed by atoms with Crippen molar-refractivity contribution in [1.29, 1.82) is 0 Å². The second-order valence-electron chi connectivity index (χ2n) is 5.93. The molecule has 1 aliphatic rings. The van der Waals surface area contributed by atoms with Crippen molar-refractivity contribution in [1.82, 2.24) is 0 Å². The van der Waals surface area contributed by atoms with Crippen LogP contribution in [0.4, 0.5) is 0 Å². The van der Waals surface area contributed by atoms with E-state index in [0.29, 0.717) is 12.7 Å². The summed E-state index contributed by atoms with van der Waals surface area (Å²) in [6, 6.07) is 6.07. The average Bonchev–Trinajstić information content (AvgIpc) is 2.84. The van der Waals surface area contributed by atoms with E-state index in [9.17, 15) is 4.55 Å². The summed E-state index contributed by atoms with van der Waals surface area (Å²) >= 11 is -1.30. The Kier molecular flexibility index (Phi) is 4.83. The molecule has 0 fully saturated rings. The maximum Gasteiger partial charge on any atom is 0.231 e. The fourth-order valence-electron chi connectivity index (χ4n) is 2.54. The van der Waals surface area contributed by atoms with Crippen LogP contribution in [0.5, 0.6) is 11.5 Å². The van der Waals surface area contributed by atoms with Crippen LogP contribution in [0.25, 0.3) is 0 Å². The minimum absolute atomic E-state index is 0.301. The molecule has 0 bridgehead atoms. The molecule has 2 rings (SSSR count). The maximum absolute atomic E-state index is 11.6. The smallest absolute Gasteiger partial charge is 0.231 e. The normalized spacial score (nSPS) is 17.1. The van der Waals surface area contributed by atoms with E-state index in [1.54, 1.807) is 0 Å². The largest absolute Gasteiger partial charge is 0.598 e. The molecule has 0 spiro atoms. The summed E-state index contributed by atoms with van der Waals surface area (Å²) in [6.07, 6.45) is 2.82. The predicted octanol–water partition coefficient (Wildman–Crippen LogP) is 2.78. The van der Waals surface area contributed by atoms with Crippen molar-refractivity contribution < 1.29 is 14.0 Å². The molecule has 0 aromatic heterocycles. The van der Waals surface area contributed by atoms with E-state index in [-0.39, 0.29) is 4.75 Å². The second kappa shape index (κ2) is 6.24. The predicted molar refractivity (Wildman–Crippen MR) is 81.1 cm³/mol. The lowest BCUT2D eigenvalue weighted by Crippen LogP contribution is -2.39. The summed E-state index contributed by atoms with van der Waals surface area (Å²) in [5.74, 6) is 2.09. The Morgan fingerprint density at radius 1 is 1.35 bits per heavy atom. The van der Waals surface area contributed by atoms with Crippen LogP contribution in [0.15, 0.2) is 18.2 Å². The van der Waals surface area contributed by atoms with Crippen molar-refractivity contribution in [2.45, 2.75) is 44.8 Å². The number of hydrogen-bond donors (Lipinski definition) is 1. The SMILES string of the molecule is CC[C@H](Cc1ccc2c(c1)OCO2)CC(C)(C)[S+](N)[O-]. The van der Waals surface area contributed by atoms with E-state index in [2.05, 4.69) is 13.0 Å². The average molecular weight is 297 g/mol. The second-order valence-corrected chi connectivity index (χ2v) is 7.63. The zero-order valence-corrected chi connectivity index (χ0v) is 13.2. The van der Waals surface area contributed by atoms with Crippen LogP contribution >= 0.6 is 0 Å². The molecule has 1 aromatic carbocycles. The highest BCUT2D eigenvalue weighted by atomic mass is 32.2. The van der Waals surface area contributed by atoms with Gasteiger partial charge in [0.15, 0.2) is 11.5 Å². The minimum atomic E-state index is -1.30. The van der Waals surface area contributed by atoms with Crippen molar-refractivity contribution in [2.24, 2.45) is 11.1 Å². The molecule has 1 aromatic rings. The molecule has 1 unspecified atom stereocenters. The number of nitrogens with two attached hydrogens (primary N) is 1. The Balaban J connectivity index is 2.03. The van der Waals surface area contributed by atoms with Crippen molar-refractivity contribution in [3.63, 3.8) is 0 Å². The molecule has 0 saturated heterocycles. The summed E-state index contributed by atoms with van der Waals surface area (Å²) < 4.78 is 21.9. The Bertz CT molecular complexity index is 462. The lowest BCUT2D eigenvalue weighted by Gasteiger charge is -2.28. The van der Waals surface area contributed by atoms with Gasteiger partial charge in [0.2, 0.25) is 6.79 Å². The topological polar surface area (TPSA) is 67.5 Å². The minimum Gasteiger partial charge on any atom is -0.598 e. The zero-order chi connectivity index (χ0) is 14.8. The van der Waals surface area contributed by atoms with Gasteiger partial charge in [-0.1, -0.05) is 19.4 Å². The lowest BCUT2D eigenvalue weighted by atomic mass is 9.88. The first-order valence-electron chi connectivity index (χ1n) is 6.97. The number of hydrogen-bond acceptors (Lipinski definition) is 4. The molecule has 1 aliphatic heterocycles. The van der Waals surface area contributed by atoms with Gasteiger partial charge < -0.3 is 14.0 Å². The Labute approximate surface area is 124 Å². The molecule has 0 radical (unpaired) electrons. The molecule has 0 amide bonds. The Morgan fingerprint density at radius 3 is 2.70 bits per heavy atom. The van der Waals surface area contributed by atoms with Gasteiger partial charge in [-0.2, -0.15) is 5.14 Å². The van der Waals surface area contributed by atoms with Crippen molar-refractivity contribution >= 4 is 11.4 Å². The standard InChI is InChI=1S/C15H23NO3S/c1-4-11(9-15(2,3)20(16)17)7-12-5-6-13-14(8-12)19-10-18-13/h5-6,8,11H,4,7,9-10,16H2,1-3H3/t11-,20?/m1/s1. The van der Waals surface area contributed by atoms with Gasteiger partial charge in [0.25, 0.3) is 0 Å². The van der Waals surface area contributed by atoms with Crippen LogP contribution < -0.4 is 14.6 Å². The number of fused-ring (bicyclic) bond motifs is 1. The molecule has 0 saturated carbocycles. The maximum atomic E-state index is 11.6. The summed E-state index contributed by atoms with van der Waals surface area (Å²) in [6.45, 7) is 6.39. The van der Waals surface area contributed by atoms with Crippen LogP contribution in [0.1, 0.15) is 39.2 Å². The molecule has 0 aliphatic carbocycles. The quantitative estimate of drug-likeness (QED) is 0.820. The highest BCUT2D eigenvalue weighted by Gasteiger charge is 2.32. The van der Waals surface area contributed by atoms with E-state index in [0.717, 1.165) is 30.8 Å². The lowest BCUT2D eigenvalue weighted by molar-refractivity contribution is 0.174. The van der Waals surface area contributed by atoms with E-state index >= 15 is 0 Å². The summed E-state index contributed by atoms with van der Waals surface area (Å²) in [5.41, 5.74) is 1.22. The Morgan fingerprint density at radius 2 is 2.05 bits per heavy atom. The van der Waals surface area contributed by atoms with Crippen molar-refractivity contribution in [3.05, 3.63) is 23.8 Å². The van der Waals surface area contributed by atoms with E-state index < -0.39 is 11.4 Å². The van der Waals surface area contributed by atoms with Crippen molar-refractivity contribution in [2.75, 3.05) is 6.79 Å². The third kappa shape index (κ3) is 3.59. The van der Waals surface area contributed by atoms with Gasteiger partial charge >= 0.3 is 0 Å². The highest BCUT2D eigenvalue weighted by Crippen LogP contribution is 2.34. The fraction of sp³-hybridized carbons (Fsp3) is 0.600. The molecular formula is C15H23NO3S. The van der Waals surface area contributed by atoms with E-state index in [1.807, 2.05) is 26.0 Å². The van der Waals surface area contributed by atoms with Crippen LogP contribution in [-0.4, -0.2) is 16.1 Å². The first-order valence-corrected chi connectivity index (χ1v) is 8.18. The first-order chi connectivity index (χ1) is 9.42. The van der Waals surface area contributed by atoms with Gasteiger partial charge in [-0.15, -0.1) is 0 Å². The number of ether oxygens (including phenoxy) is 2. The third-order valence-electron chi connectivity index (χ3n) is 3.86. The van der Waals surface area contributed by atoms with Gasteiger partial charge in [0.1, 0.15) is 4.75 Å². The zero-order valence-electron chi connectivity index (χ0n) is 12.3. The van der Waals surface area contributed by atoms with Gasteiger partial charge in [0, 0.05) is 17.8 Å². The molecule has 112 valence electrons. The molecule has 20 heavy (non-hydrogen) atoms. The molecule has 5 heteroatoms. The van der Waals surface area contributed by atoms with Gasteiger partial charge in [-0.25, -0.2) is 0 Å². The van der Waals surface area contributed by atoms with E-state index in [1.165, 1.54) is 5.56 Å². The third-order valence-corrected chi connectivity index (χ3v) is 5.12. The molecule has 2 N–H and O–H groups in total. The van der Waals surface area contributed by atoms with Crippen LogP contribution in [-0.2, 0) is 17.8 Å². The summed E-state index contributed by atoms with van der Waals surface area (Å²) in [7, 11) is 0.